The van der Waals surface area contributed by atoms with Crippen LogP contribution in [0.3, 0.4) is 0 Å². The average molecular weight is 2120 g/mol. The highest BCUT2D eigenvalue weighted by atomic mass is 16.8. The first kappa shape index (κ1) is 127. The average Bonchev–Trinajstić information content (AvgIpc) is 0.772. The van der Waals surface area contributed by atoms with E-state index in [1.54, 1.807) is 49.4 Å². The lowest BCUT2D eigenvalue weighted by Gasteiger charge is -2.48. The number of aliphatic hydroxyl groups excluding tert-OH is 11. The quantitative estimate of drug-likeness (QED) is 0.0216. The van der Waals surface area contributed by atoms with Crippen LogP contribution in [0.5, 0.6) is 5.75 Å². The Bertz CT molecular complexity index is 4520. The van der Waals surface area contributed by atoms with Gasteiger partial charge in [0, 0.05) is 25.6 Å². The number of carbonyl (C=O) groups excluding carboxylic acids is 15. The maximum Gasteiger partial charge on any atom is 0.274 e. The van der Waals surface area contributed by atoms with Crippen molar-refractivity contribution in [3.05, 3.63) is 54.1 Å². The van der Waals surface area contributed by atoms with Gasteiger partial charge < -0.3 is 192 Å². The van der Waals surface area contributed by atoms with Crippen molar-refractivity contribution in [2.75, 3.05) is 85.5 Å². The lowest BCUT2D eigenvalue weighted by atomic mass is 9.95. The third-order valence-electron chi connectivity index (χ3n) is 25.1. The van der Waals surface area contributed by atoms with Gasteiger partial charge in [-0.2, -0.15) is 0 Å². The fourth-order valence-corrected chi connectivity index (χ4v) is 16.6. The Kier molecular flexibility index (Phi) is 57.1. The van der Waals surface area contributed by atoms with Gasteiger partial charge in [-0.25, -0.2) is 5.48 Å². The Labute approximate surface area is 863 Å². The van der Waals surface area contributed by atoms with Crippen LogP contribution in [0.15, 0.2) is 48.5 Å². The largest absolute Gasteiger partial charge is 0.484 e. The molecule has 2 aromatic rings. The van der Waals surface area contributed by atoms with Crippen LogP contribution in [0.1, 0.15) is 187 Å². The molecule has 4 aliphatic rings. The molecule has 0 bridgehead atoms. The molecule has 4 aliphatic heterocycles. The molecule has 15 amide bonds. The van der Waals surface area contributed by atoms with Gasteiger partial charge in [0.25, 0.3) is 11.8 Å². The molecule has 0 aliphatic carbocycles. The first-order valence-corrected chi connectivity index (χ1v) is 50.8. The normalized spacial score (nSPS) is 27.3. The number of ether oxygens (including phenoxy) is 7. The number of rotatable bonds is 56. The molecule has 149 heavy (non-hydrogen) atoms. The summed E-state index contributed by atoms with van der Waals surface area (Å²) in [5, 5.41) is 153. The summed E-state index contributed by atoms with van der Waals surface area (Å²) in [7, 11) is 0. The third kappa shape index (κ3) is 40.8. The van der Waals surface area contributed by atoms with Crippen LogP contribution in [-0.2, 0) is 100 Å². The second-order valence-electron chi connectivity index (χ2n) is 36.9. The Balaban J connectivity index is 1.04. The molecule has 28 atom stereocenters. The number of hydrogen-bond donors (Lipinski definition) is 31. The lowest BCUT2D eigenvalue weighted by Crippen LogP contribution is -2.68. The first-order valence-electron chi connectivity index (χ1n) is 50.8. The summed E-state index contributed by atoms with van der Waals surface area (Å²) < 4.78 is 40.0. The van der Waals surface area contributed by atoms with Gasteiger partial charge in [-0.05, 0) is 146 Å². The zero-order valence-electron chi connectivity index (χ0n) is 85.0. The maximum atomic E-state index is 14.8. The van der Waals surface area contributed by atoms with Crippen LogP contribution in [0.2, 0.25) is 0 Å². The van der Waals surface area contributed by atoms with Gasteiger partial charge in [0.2, 0.25) is 76.8 Å². The predicted octanol–water partition coefficient (Wildman–Crippen LogP) is -10.6. The standard InChI is InChI=1S/C95H158N20O34/c1-7-10-12-14-15-17-23-58-84(133)105-56(9-3)82(131)107-59(28-35-96)86(135)110-62(31-38-99)89(138)113-70(49(4)119)91(140)102-41-33-64(88(137)108-60(29-36-97)85(134)106-58)111-87(136)61(30-37-98)112-92(141)71(50(5)120)114-90(139)63(32-39-100)109-83(132)57(22-16-13-11-8-2)104-68(122)34-43-144-115-81(130)54-21-18-20-53(44-54)52-24-26-55(27-25-52)143-48-69(123)101-40-19-42-142-93-72(103-51(6)121)75(126)79(67(47-118)147-93)148-95-78(129)80(74(125)66(46-117)146-95)149-94-77(128)76(127)73(124)65(45-116)145-94/h18,20-21,24-27,44,49-50,56-67,70-80,93-95,116-120,124-129H,7-17,19,22-23,28-43,45-48,96-100H2,1-6H3,(H,101,123)(H,102,140)(H,103,121)(H,104,122)(H,105,133)(H,106,134)(H,107,131)(H,108,137)(H,109,132)(H,110,135)(H,111,136)(H,112,141)(H,113,138)(H,114,139)(H,115,130)/t49-,50-,56+,57+,58-,59+,60+,61+,62+,63+,64+,65?,66?,67?,70+,71+,72?,73+,74+,75-,76+,77?,78?,79-,80+,93-,94-,95+/m1/s1. The Morgan fingerprint density at radius 1 is 0.477 bits per heavy atom. The number of benzene rings is 2. The molecular weight excluding hydrogens is 1970 g/mol. The second-order valence-corrected chi connectivity index (χ2v) is 36.9. The highest BCUT2D eigenvalue weighted by Gasteiger charge is 2.55. The Hall–Kier alpha value is -10.6. The number of amides is 15. The molecule has 6 rings (SSSR count). The van der Waals surface area contributed by atoms with E-state index in [1.807, 2.05) is 13.8 Å². The van der Waals surface area contributed by atoms with E-state index < -0.39 is 312 Å². The van der Waals surface area contributed by atoms with Crippen LogP contribution < -0.4 is 113 Å². The molecule has 842 valence electrons. The van der Waals surface area contributed by atoms with Crippen molar-refractivity contribution >= 4 is 88.6 Å². The molecule has 4 heterocycles. The fraction of sp³-hybridized carbons (Fsp3) is 0.716. The summed E-state index contributed by atoms with van der Waals surface area (Å²) in [5.74, 6) is -13.1. The summed E-state index contributed by atoms with van der Waals surface area (Å²) in [6.07, 6.45) is -22.5. The highest BCUT2D eigenvalue weighted by molar-refractivity contribution is 6.00. The second kappa shape index (κ2) is 66.9. The molecule has 4 fully saturated rings. The third-order valence-corrected chi connectivity index (χ3v) is 25.1. The summed E-state index contributed by atoms with van der Waals surface area (Å²) in [5.41, 5.74) is 33.4. The van der Waals surface area contributed by atoms with Gasteiger partial charge in [-0.15, -0.1) is 0 Å². The number of hydroxylamine groups is 1. The summed E-state index contributed by atoms with van der Waals surface area (Å²) in [6.45, 7) is 3.81. The van der Waals surface area contributed by atoms with E-state index in [9.17, 15) is 128 Å². The monoisotopic (exact) mass is 2120 g/mol. The van der Waals surface area contributed by atoms with Crippen LogP contribution in [0, 0.1) is 0 Å². The number of nitrogens with two attached hydrogens (primary N) is 5. The van der Waals surface area contributed by atoms with Gasteiger partial charge in [0.15, 0.2) is 25.5 Å². The Morgan fingerprint density at radius 2 is 0.993 bits per heavy atom. The van der Waals surface area contributed by atoms with Crippen molar-refractivity contribution in [1.29, 1.82) is 0 Å². The number of unbranched alkanes of at least 4 members (excludes halogenated alkanes) is 8. The van der Waals surface area contributed by atoms with E-state index in [2.05, 4.69) is 79.9 Å². The van der Waals surface area contributed by atoms with E-state index in [0.29, 0.717) is 36.8 Å². The molecule has 4 saturated heterocycles. The van der Waals surface area contributed by atoms with E-state index in [4.69, 9.17) is 66.7 Å². The minimum absolute atomic E-state index is 0.0227. The zero-order chi connectivity index (χ0) is 110. The van der Waals surface area contributed by atoms with Crippen molar-refractivity contribution in [2.45, 2.75) is 347 Å². The maximum absolute atomic E-state index is 14.8. The molecule has 54 heteroatoms. The van der Waals surface area contributed by atoms with Gasteiger partial charge in [0.1, 0.15) is 145 Å². The van der Waals surface area contributed by atoms with Crippen LogP contribution in [0.25, 0.3) is 11.1 Å². The van der Waals surface area contributed by atoms with Crippen molar-refractivity contribution in [1.82, 2.24) is 79.9 Å². The number of nitrogens with one attached hydrogen (secondary N) is 15. The van der Waals surface area contributed by atoms with E-state index in [-0.39, 0.29) is 115 Å². The van der Waals surface area contributed by atoms with E-state index in [1.165, 1.54) is 13.0 Å². The van der Waals surface area contributed by atoms with Crippen LogP contribution in [0.4, 0.5) is 0 Å². The van der Waals surface area contributed by atoms with Crippen molar-refractivity contribution in [3.8, 4) is 16.9 Å². The number of carbonyl (C=O) groups is 15. The predicted molar refractivity (Wildman–Crippen MR) is 527 cm³/mol. The van der Waals surface area contributed by atoms with Crippen molar-refractivity contribution in [3.63, 3.8) is 0 Å². The molecule has 0 saturated carbocycles. The topological polar surface area (TPSA) is 863 Å². The molecule has 6 unspecified atom stereocenters. The van der Waals surface area contributed by atoms with Gasteiger partial charge in [0.05, 0.1) is 51.7 Å². The van der Waals surface area contributed by atoms with E-state index >= 15 is 0 Å². The van der Waals surface area contributed by atoms with Gasteiger partial charge in [-0.3, -0.25) is 76.8 Å². The lowest BCUT2D eigenvalue weighted by molar-refractivity contribution is -0.376. The SMILES string of the molecule is CCCCCCCC[C@H]1NC(=O)[C@H](CCN)NC(=O)[C@@H](NC(=O)[C@H](CCN)NC(=O)[C@@H](NC(=O)[C@H](CCN)NC(=O)[C@H](CCCCCC)NC(=O)CCONC(=O)c2cccc(-c3ccc(OCC(=O)NCCCO[C@@H]4OC(CO)[C@@H](O[C@@H]5OC(CO)[C@H](O)[C@H](O[C@H]6OC(CO)[C@H](O)[C@H](O)C6O)C5O)[C@H](O)C4NC(C)=O)cc3)c2)[C@@H](C)O)CCNC(=O)[C@H]([C@@H](C)O)NC(=O)[C@H](CCN)NC(=O)[C@H](CCN)NC(=O)[C@H](CC)NC1=O. The number of aliphatic hydroxyl groups is 11. The molecule has 36 N–H and O–H groups in total. The molecule has 2 aromatic carbocycles. The minimum atomic E-state index is -2.03. The summed E-state index contributed by atoms with van der Waals surface area (Å²) in [4.78, 5) is 215. The molecular formula is C95H158N20O34. The van der Waals surface area contributed by atoms with Gasteiger partial charge in [-0.1, -0.05) is 109 Å². The fourth-order valence-electron chi connectivity index (χ4n) is 16.6. The Morgan fingerprint density at radius 3 is 1.56 bits per heavy atom. The summed E-state index contributed by atoms with van der Waals surface area (Å²) >= 11 is 0. The van der Waals surface area contributed by atoms with Crippen molar-refractivity contribution < 1.29 is 166 Å². The molecule has 0 radical (unpaired) electrons. The highest BCUT2D eigenvalue weighted by Crippen LogP contribution is 2.34. The van der Waals surface area contributed by atoms with Crippen LogP contribution in [-0.4, -0.2) is 401 Å². The first-order chi connectivity index (χ1) is 71.2. The minimum Gasteiger partial charge on any atom is -0.484 e. The molecule has 0 aromatic heterocycles. The summed E-state index contributed by atoms with van der Waals surface area (Å²) in [6, 6.07) is -5.43. The zero-order valence-corrected chi connectivity index (χ0v) is 85.0. The smallest absolute Gasteiger partial charge is 0.274 e. The van der Waals surface area contributed by atoms with Gasteiger partial charge >= 0.3 is 0 Å². The van der Waals surface area contributed by atoms with Crippen LogP contribution >= 0.6 is 0 Å². The molecule has 0 spiro atoms. The molecule has 54 nitrogen and oxygen atoms in total. The van der Waals surface area contributed by atoms with Crippen molar-refractivity contribution in [2.24, 2.45) is 28.7 Å². The van der Waals surface area contributed by atoms with E-state index in [0.717, 1.165) is 52.4 Å². The number of hydrogen-bond acceptors (Lipinski definition) is 39.